The summed E-state index contributed by atoms with van der Waals surface area (Å²) in [4.78, 5) is 21.5. The summed E-state index contributed by atoms with van der Waals surface area (Å²) in [5.74, 6) is 2.53. The summed E-state index contributed by atoms with van der Waals surface area (Å²) in [6, 6.07) is 10.4. The highest BCUT2D eigenvalue weighted by atomic mass is 32.1. The van der Waals surface area contributed by atoms with Crippen LogP contribution in [0.15, 0.2) is 41.9 Å². The summed E-state index contributed by atoms with van der Waals surface area (Å²) in [5, 5.41) is 13.7. The van der Waals surface area contributed by atoms with Crippen LogP contribution in [0.5, 0.6) is 0 Å². The van der Waals surface area contributed by atoms with Gasteiger partial charge in [-0.15, -0.1) is 11.3 Å². The van der Waals surface area contributed by atoms with Crippen LogP contribution in [-0.2, 0) is 17.9 Å². The minimum atomic E-state index is -0.250. The van der Waals surface area contributed by atoms with E-state index in [2.05, 4.69) is 49.3 Å². The van der Waals surface area contributed by atoms with Crippen molar-refractivity contribution in [1.82, 2.24) is 24.6 Å². The maximum absolute atomic E-state index is 8.36. The van der Waals surface area contributed by atoms with E-state index in [1.807, 2.05) is 19.2 Å². The number of carbonyl (C=O) groups is 1. The van der Waals surface area contributed by atoms with Gasteiger partial charge in [0.25, 0.3) is 6.47 Å². The van der Waals surface area contributed by atoms with Crippen molar-refractivity contribution >= 4 is 17.8 Å². The average Bonchev–Trinajstić information content (AvgIpc) is 3.29. The molecule has 0 amide bonds. The molecule has 0 spiro atoms. The van der Waals surface area contributed by atoms with Crippen molar-refractivity contribution in [1.29, 1.82) is 0 Å². The minimum Gasteiger partial charge on any atom is -0.483 e. The number of carboxylic acid groups (broad SMARTS) is 1. The Morgan fingerprint density at radius 3 is 2.79 bits per heavy atom. The molecule has 3 aromatic rings. The van der Waals surface area contributed by atoms with Crippen molar-refractivity contribution in [3.05, 3.63) is 64.1 Å². The number of hydrogen-bond acceptors (Lipinski definition) is 6. The third kappa shape index (κ3) is 6.20. The molecule has 1 aliphatic heterocycles. The van der Waals surface area contributed by atoms with E-state index in [9.17, 15) is 0 Å². The Labute approximate surface area is 175 Å². The Hall–Kier alpha value is -2.58. The fraction of sp³-hybridized carbons (Fsp3) is 0.429. The summed E-state index contributed by atoms with van der Waals surface area (Å²) in [6.07, 6.45) is 5.39. The lowest BCUT2D eigenvalue weighted by atomic mass is 10.00. The van der Waals surface area contributed by atoms with Crippen LogP contribution in [0.1, 0.15) is 47.4 Å². The average molecular weight is 414 g/mol. The number of thiophene rings is 1. The largest absolute Gasteiger partial charge is 0.483 e. The van der Waals surface area contributed by atoms with Crippen LogP contribution in [0.3, 0.4) is 0 Å². The second-order valence-electron chi connectivity index (χ2n) is 7.08. The molecule has 1 aliphatic rings. The van der Waals surface area contributed by atoms with Crippen molar-refractivity contribution in [3.63, 3.8) is 0 Å². The van der Waals surface area contributed by atoms with E-state index in [1.54, 1.807) is 11.3 Å². The van der Waals surface area contributed by atoms with Gasteiger partial charge in [0.2, 0.25) is 0 Å². The third-order valence-electron chi connectivity index (χ3n) is 4.99. The van der Waals surface area contributed by atoms with Gasteiger partial charge >= 0.3 is 0 Å². The molecule has 0 saturated carbocycles. The lowest BCUT2D eigenvalue weighted by Gasteiger charge is -2.19. The number of nitrogens with zero attached hydrogens (tertiary/aromatic N) is 5. The molecule has 1 unspecified atom stereocenters. The quantitative estimate of drug-likeness (QED) is 0.644. The van der Waals surface area contributed by atoms with E-state index in [0.717, 1.165) is 49.9 Å². The van der Waals surface area contributed by atoms with E-state index >= 15 is 0 Å². The molecule has 154 valence electrons. The molecule has 0 aromatic carbocycles. The van der Waals surface area contributed by atoms with Gasteiger partial charge in [0.05, 0.1) is 12.2 Å². The summed E-state index contributed by atoms with van der Waals surface area (Å²) < 4.78 is 2.13. The second kappa shape index (κ2) is 10.8. The summed E-state index contributed by atoms with van der Waals surface area (Å²) in [6.45, 7) is 5.74. The first-order chi connectivity index (χ1) is 14.2. The van der Waals surface area contributed by atoms with Gasteiger partial charge < -0.3 is 5.11 Å². The van der Waals surface area contributed by atoms with Crippen molar-refractivity contribution < 1.29 is 9.90 Å². The minimum absolute atomic E-state index is 0.250. The van der Waals surface area contributed by atoms with E-state index in [0.29, 0.717) is 5.92 Å². The fourth-order valence-electron chi connectivity index (χ4n) is 3.73. The Bertz CT molecular complexity index is 867. The summed E-state index contributed by atoms with van der Waals surface area (Å²) >= 11 is 1.78. The zero-order valence-corrected chi connectivity index (χ0v) is 17.5. The SMILES string of the molecule is Cc1nc(C2CCCN(Cc3ccccn3)CC2)n(Cc2cccs2)n1.O=CO. The fourth-order valence-corrected chi connectivity index (χ4v) is 4.42. The smallest absolute Gasteiger partial charge is 0.290 e. The van der Waals surface area contributed by atoms with Gasteiger partial charge in [-0.25, -0.2) is 9.67 Å². The summed E-state index contributed by atoms with van der Waals surface area (Å²) in [7, 11) is 0. The molecule has 29 heavy (non-hydrogen) atoms. The highest BCUT2D eigenvalue weighted by Gasteiger charge is 2.23. The van der Waals surface area contributed by atoms with Crippen LogP contribution >= 0.6 is 11.3 Å². The lowest BCUT2D eigenvalue weighted by molar-refractivity contribution is -0.122. The van der Waals surface area contributed by atoms with Gasteiger partial charge in [-0.1, -0.05) is 12.1 Å². The van der Waals surface area contributed by atoms with Crippen molar-refractivity contribution in [2.75, 3.05) is 13.1 Å². The van der Waals surface area contributed by atoms with Gasteiger partial charge in [0.1, 0.15) is 11.6 Å². The molecule has 0 aliphatic carbocycles. The zero-order valence-electron chi connectivity index (χ0n) is 16.6. The third-order valence-corrected chi connectivity index (χ3v) is 5.85. The molecule has 8 heteroatoms. The Balaban J connectivity index is 0.000000755. The molecule has 7 nitrogen and oxygen atoms in total. The van der Waals surface area contributed by atoms with Gasteiger partial charge in [-0.05, 0) is 62.9 Å². The van der Waals surface area contributed by atoms with Gasteiger partial charge in [-0.2, -0.15) is 5.10 Å². The lowest BCUT2D eigenvalue weighted by Crippen LogP contribution is -2.24. The van der Waals surface area contributed by atoms with E-state index in [1.165, 1.54) is 17.7 Å². The van der Waals surface area contributed by atoms with Crippen LogP contribution < -0.4 is 0 Å². The molecule has 1 fully saturated rings. The Morgan fingerprint density at radius 1 is 1.21 bits per heavy atom. The molecule has 3 aromatic heterocycles. The highest BCUT2D eigenvalue weighted by molar-refractivity contribution is 7.09. The number of likely N-dealkylation sites (tertiary alicyclic amines) is 1. The van der Waals surface area contributed by atoms with E-state index in [-0.39, 0.29) is 6.47 Å². The predicted octanol–water partition coefficient (Wildman–Crippen LogP) is 3.56. The van der Waals surface area contributed by atoms with Crippen molar-refractivity contribution in [2.45, 2.75) is 45.2 Å². The van der Waals surface area contributed by atoms with Gasteiger partial charge in [0, 0.05) is 23.5 Å². The van der Waals surface area contributed by atoms with Crippen LogP contribution in [0.2, 0.25) is 0 Å². The first kappa shape index (κ1) is 21.1. The molecule has 4 heterocycles. The molecular formula is C21H27N5O2S. The topological polar surface area (TPSA) is 84.1 Å². The molecule has 4 rings (SSSR count). The van der Waals surface area contributed by atoms with Gasteiger partial charge in [0.15, 0.2) is 0 Å². The van der Waals surface area contributed by atoms with E-state index in [4.69, 9.17) is 14.9 Å². The highest BCUT2D eigenvalue weighted by Crippen LogP contribution is 2.28. The maximum atomic E-state index is 8.36. The van der Waals surface area contributed by atoms with Gasteiger partial charge in [-0.3, -0.25) is 14.7 Å². The van der Waals surface area contributed by atoms with Crippen LogP contribution in [-0.4, -0.2) is 49.3 Å². The first-order valence-corrected chi connectivity index (χ1v) is 10.7. The summed E-state index contributed by atoms with van der Waals surface area (Å²) in [5.41, 5.74) is 1.16. The normalized spacial score (nSPS) is 17.2. The first-order valence-electron chi connectivity index (χ1n) is 9.83. The molecule has 1 saturated heterocycles. The Kier molecular flexibility index (Phi) is 7.89. The van der Waals surface area contributed by atoms with Crippen LogP contribution in [0.25, 0.3) is 0 Å². The van der Waals surface area contributed by atoms with Crippen molar-refractivity contribution in [2.24, 2.45) is 0 Å². The standard InChI is InChI=1S/C20H25N5S.CH2O2/c1-16-22-20(25(23-16)15-19-8-5-13-26-19)17-6-4-11-24(12-9-17)14-18-7-2-3-10-21-18;2-1-3/h2-3,5,7-8,10,13,17H,4,6,9,11-12,14-15H2,1H3;1H,(H,2,3). The number of pyridine rings is 1. The predicted molar refractivity (Wildman–Crippen MR) is 113 cm³/mol. The Morgan fingerprint density at radius 2 is 2.07 bits per heavy atom. The molecule has 1 N–H and O–H groups in total. The van der Waals surface area contributed by atoms with Crippen LogP contribution in [0, 0.1) is 6.92 Å². The maximum Gasteiger partial charge on any atom is 0.290 e. The van der Waals surface area contributed by atoms with Crippen LogP contribution in [0.4, 0.5) is 0 Å². The molecule has 0 radical (unpaired) electrons. The monoisotopic (exact) mass is 413 g/mol. The number of aromatic nitrogens is 4. The molecule has 0 bridgehead atoms. The number of aryl methyl sites for hydroxylation is 1. The number of rotatable bonds is 5. The second-order valence-corrected chi connectivity index (χ2v) is 8.12. The molecule has 1 atom stereocenters. The zero-order chi connectivity index (χ0) is 20.5. The van der Waals surface area contributed by atoms with E-state index < -0.39 is 0 Å². The molecular weight excluding hydrogens is 386 g/mol. The number of hydrogen-bond donors (Lipinski definition) is 1. The van der Waals surface area contributed by atoms with Crippen molar-refractivity contribution in [3.8, 4) is 0 Å².